The van der Waals surface area contributed by atoms with Crippen LogP contribution < -0.4 is 5.32 Å². The van der Waals surface area contributed by atoms with E-state index in [1.165, 1.54) is 173 Å². The van der Waals surface area contributed by atoms with Gasteiger partial charge in [-0.1, -0.05) is 218 Å². The summed E-state index contributed by atoms with van der Waals surface area (Å²) in [7, 11) is 1.56. The van der Waals surface area contributed by atoms with Crippen LogP contribution in [0.4, 0.5) is 0 Å². The van der Waals surface area contributed by atoms with E-state index in [0.29, 0.717) is 17.4 Å². The van der Waals surface area contributed by atoms with E-state index in [4.69, 9.17) is 9.05 Å². The summed E-state index contributed by atoms with van der Waals surface area (Å²) in [4.78, 5) is 23.1. The van der Waals surface area contributed by atoms with Crippen LogP contribution in [0.1, 0.15) is 232 Å². The largest absolute Gasteiger partial charge is 0.472 e. The minimum Gasteiger partial charge on any atom is -0.387 e. The van der Waals surface area contributed by atoms with E-state index in [1.807, 2.05) is 27.2 Å². The summed E-state index contributed by atoms with van der Waals surface area (Å²) in [6.45, 7) is 4.79. The average molecular weight is 842 g/mol. The first kappa shape index (κ1) is 57.0. The maximum absolute atomic E-state index is 12.8. The number of rotatable bonds is 45. The van der Waals surface area contributed by atoms with E-state index < -0.39 is 20.0 Å². The lowest BCUT2D eigenvalue weighted by molar-refractivity contribution is -0.870. The fourth-order valence-corrected chi connectivity index (χ4v) is 7.97. The Morgan fingerprint density at radius 2 is 0.948 bits per heavy atom. The van der Waals surface area contributed by atoms with Gasteiger partial charge in [-0.2, -0.15) is 0 Å². The van der Waals surface area contributed by atoms with Crippen LogP contribution in [0, 0.1) is 0 Å². The summed E-state index contributed by atoms with van der Waals surface area (Å²) in [6.07, 6.45) is 49.9. The Morgan fingerprint density at radius 1 is 0.569 bits per heavy atom. The van der Waals surface area contributed by atoms with Crippen LogP contribution in [0.2, 0.25) is 0 Å². The van der Waals surface area contributed by atoms with Crippen molar-refractivity contribution in [2.45, 2.75) is 244 Å². The number of phosphoric acid groups is 1. The van der Waals surface area contributed by atoms with Crippen LogP contribution in [0.5, 0.6) is 0 Å². The maximum Gasteiger partial charge on any atom is 0.472 e. The fraction of sp³-hybridized carbons (Fsp3) is 0.898. The molecule has 0 aromatic heterocycles. The molecule has 9 heteroatoms. The molecule has 58 heavy (non-hydrogen) atoms. The van der Waals surface area contributed by atoms with Gasteiger partial charge in [-0.15, -0.1) is 0 Å². The molecule has 0 saturated heterocycles. The number of unbranched alkanes of at least 4 members (excludes halogenated alkanes) is 30. The molecular weight excluding hydrogens is 744 g/mol. The first-order chi connectivity index (χ1) is 28.0. The quantitative estimate of drug-likeness (QED) is 0.0244. The molecular formula is C49H98N2O6P+. The molecule has 1 amide bonds. The monoisotopic (exact) mass is 842 g/mol. The van der Waals surface area contributed by atoms with Crippen molar-refractivity contribution in [1.82, 2.24) is 5.32 Å². The van der Waals surface area contributed by atoms with E-state index in [1.54, 1.807) is 6.08 Å². The van der Waals surface area contributed by atoms with Crippen LogP contribution in [-0.2, 0) is 18.4 Å². The number of likely N-dealkylation sites (N-methyl/N-ethyl adjacent to an activating group) is 1. The number of nitrogens with zero attached hydrogens (tertiary/aromatic N) is 1. The highest BCUT2D eigenvalue weighted by molar-refractivity contribution is 7.47. The Bertz CT molecular complexity index is 1000. The van der Waals surface area contributed by atoms with E-state index in [0.717, 1.165) is 38.5 Å². The molecule has 8 nitrogen and oxygen atoms in total. The lowest BCUT2D eigenvalue weighted by Gasteiger charge is -2.25. The van der Waals surface area contributed by atoms with Gasteiger partial charge in [0.15, 0.2) is 0 Å². The van der Waals surface area contributed by atoms with Gasteiger partial charge in [0.05, 0.1) is 39.9 Å². The topological polar surface area (TPSA) is 105 Å². The molecule has 0 aromatic carbocycles. The summed E-state index contributed by atoms with van der Waals surface area (Å²) in [5, 5.41) is 13.8. The summed E-state index contributed by atoms with van der Waals surface area (Å²) in [5.74, 6) is -0.188. The zero-order valence-corrected chi connectivity index (χ0v) is 39.9. The average Bonchev–Trinajstić information content (AvgIpc) is 3.17. The van der Waals surface area contributed by atoms with E-state index >= 15 is 0 Å². The molecule has 0 bridgehead atoms. The van der Waals surface area contributed by atoms with Crippen molar-refractivity contribution in [2.24, 2.45) is 0 Å². The summed E-state index contributed by atoms with van der Waals surface area (Å²) in [5.41, 5.74) is 0. The van der Waals surface area contributed by atoms with Gasteiger partial charge in [-0.3, -0.25) is 13.8 Å². The predicted octanol–water partition coefficient (Wildman–Crippen LogP) is 14.1. The minimum absolute atomic E-state index is 0.0581. The van der Waals surface area contributed by atoms with Crippen LogP contribution in [-0.4, -0.2) is 73.4 Å². The third kappa shape index (κ3) is 43.1. The normalized spacial score (nSPS) is 14.4. The number of aliphatic hydroxyl groups is 1. The van der Waals surface area contributed by atoms with Gasteiger partial charge >= 0.3 is 7.82 Å². The zero-order chi connectivity index (χ0) is 42.8. The number of amides is 1. The van der Waals surface area contributed by atoms with E-state index in [9.17, 15) is 19.4 Å². The third-order valence-electron chi connectivity index (χ3n) is 11.2. The minimum atomic E-state index is -4.34. The predicted molar refractivity (Wildman–Crippen MR) is 249 cm³/mol. The first-order valence-corrected chi connectivity index (χ1v) is 26.2. The second-order valence-corrected chi connectivity index (χ2v) is 19.6. The van der Waals surface area contributed by atoms with Gasteiger partial charge in [-0.05, 0) is 32.1 Å². The van der Waals surface area contributed by atoms with Crippen LogP contribution in [0.3, 0.4) is 0 Å². The molecule has 0 saturated carbocycles. The Hall–Kier alpha value is -1.02. The fourth-order valence-electron chi connectivity index (χ4n) is 7.23. The number of hydrogen-bond acceptors (Lipinski definition) is 5. The molecule has 3 N–H and O–H groups in total. The molecule has 0 aliphatic rings. The van der Waals surface area contributed by atoms with Crippen molar-refractivity contribution in [2.75, 3.05) is 40.9 Å². The van der Waals surface area contributed by atoms with E-state index in [2.05, 4.69) is 31.3 Å². The molecule has 0 spiro atoms. The highest BCUT2D eigenvalue weighted by Crippen LogP contribution is 2.43. The number of carbonyl (C=O) groups is 1. The number of phosphoric ester groups is 1. The lowest BCUT2D eigenvalue weighted by atomic mass is 10.0. The first-order valence-electron chi connectivity index (χ1n) is 24.7. The number of carbonyl (C=O) groups excluding carboxylic acids is 1. The van der Waals surface area contributed by atoms with Gasteiger partial charge in [0.25, 0.3) is 0 Å². The molecule has 344 valence electrons. The number of quaternary nitrogens is 1. The molecule has 0 aliphatic carbocycles. The number of allylic oxidation sites excluding steroid dienone is 3. The second kappa shape index (κ2) is 41.3. The Kier molecular flexibility index (Phi) is 40.6. The molecule has 3 unspecified atom stereocenters. The van der Waals surface area contributed by atoms with Crippen molar-refractivity contribution >= 4 is 13.7 Å². The smallest absolute Gasteiger partial charge is 0.387 e. The molecule has 0 rings (SSSR count). The van der Waals surface area contributed by atoms with Crippen molar-refractivity contribution in [3.05, 3.63) is 24.3 Å². The Labute approximate surface area is 360 Å². The van der Waals surface area contributed by atoms with E-state index in [-0.39, 0.29) is 19.1 Å². The number of nitrogens with one attached hydrogen (secondary N) is 1. The van der Waals surface area contributed by atoms with Crippen molar-refractivity contribution in [3.8, 4) is 0 Å². The highest BCUT2D eigenvalue weighted by atomic mass is 31.2. The third-order valence-corrected chi connectivity index (χ3v) is 12.2. The van der Waals surface area contributed by atoms with Gasteiger partial charge in [-0.25, -0.2) is 4.57 Å². The molecule has 0 aliphatic heterocycles. The zero-order valence-electron chi connectivity index (χ0n) is 39.0. The van der Waals surface area contributed by atoms with Crippen molar-refractivity contribution in [3.63, 3.8) is 0 Å². The summed E-state index contributed by atoms with van der Waals surface area (Å²) in [6, 6.07) is -0.857. The van der Waals surface area contributed by atoms with Crippen LogP contribution >= 0.6 is 7.82 Å². The lowest BCUT2D eigenvalue weighted by Crippen LogP contribution is -2.45. The number of aliphatic hydroxyl groups excluding tert-OH is 1. The van der Waals surface area contributed by atoms with Gasteiger partial charge in [0.2, 0.25) is 5.91 Å². The Morgan fingerprint density at radius 3 is 1.38 bits per heavy atom. The van der Waals surface area contributed by atoms with Crippen LogP contribution in [0.15, 0.2) is 24.3 Å². The summed E-state index contributed by atoms with van der Waals surface area (Å²) < 4.78 is 23.5. The van der Waals surface area contributed by atoms with Crippen LogP contribution in [0.25, 0.3) is 0 Å². The molecule has 0 radical (unpaired) electrons. The molecule has 3 atom stereocenters. The van der Waals surface area contributed by atoms with Gasteiger partial charge < -0.3 is 19.8 Å². The van der Waals surface area contributed by atoms with Crippen molar-refractivity contribution < 1.29 is 32.9 Å². The summed E-state index contributed by atoms with van der Waals surface area (Å²) >= 11 is 0. The van der Waals surface area contributed by atoms with Gasteiger partial charge in [0.1, 0.15) is 13.2 Å². The van der Waals surface area contributed by atoms with Gasteiger partial charge in [0, 0.05) is 6.42 Å². The molecule has 0 heterocycles. The Balaban J connectivity index is 4.22. The molecule has 0 fully saturated rings. The number of hydrogen-bond donors (Lipinski definition) is 3. The second-order valence-electron chi connectivity index (χ2n) is 18.2. The van der Waals surface area contributed by atoms with Crippen molar-refractivity contribution in [1.29, 1.82) is 0 Å². The molecule has 0 aromatic rings. The standard InChI is InChI=1S/C49H97N2O6P/c1-6-8-10-12-14-16-18-19-20-21-22-23-24-25-26-27-28-29-30-31-32-33-34-36-38-40-42-48(52)47(46-57-58(54,55)56-45-44-51(3,4)5)50-49(53)43-41-39-37-35-17-15-13-11-9-7-2/h33-34,40,42,47-48,52H,6-32,35-39,41,43-46H2,1-5H3,(H-,50,53,54,55)/p+1/b34-33+,42-40+. The SMILES string of the molecule is CCCCCCCCCCCCCCCCCCCCCC/C=C/CC/C=C/C(O)C(COP(=O)(O)OCC[N+](C)(C)C)NC(=O)CCCCCCCCCCCC. The maximum atomic E-state index is 12.8. The highest BCUT2D eigenvalue weighted by Gasteiger charge is 2.27.